The number of benzene rings is 2. The molecule has 0 bridgehead atoms. The van der Waals surface area contributed by atoms with E-state index in [1.807, 2.05) is 6.92 Å². The normalized spacial score (nSPS) is 11.8. The number of carbonyl (C=O) groups excluding carboxylic acids is 2. The van der Waals surface area contributed by atoms with Crippen LogP contribution in [0, 0.1) is 17.0 Å². The SMILES string of the molecule is Cc1ccc(Cl)cc1NC(=O)[C@H](C)OC(=O)/C=C/c1cccc([N+](=O)[O-])c1. The highest BCUT2D eigenvalue weighted by Gasteiger charge is 2.17. The number of esters is 1. The summed E-state index contributed by atoms with van der Waals surface area (Å²) in [5, 5.41) is 13.9. The van der Waals surface area contributed by atoms with E-state index in [9.17, 15) is 19.7 Å². The Labute approximate surface area is 160 Å². The highest BCUT2D eigenvalue weighted by atomic mass is 35.5. The van der Waals surface area contributed by atoms with Crippen LogP contribution in [0.1, 0.15) is 18.1 Å². The van der Waals surface area contributed by atoms with Crippen molar-refractivity contribution in [3.8, 4) is 0 Å². The quantitative estimate of drug-likeness (QED) is 0.347. The maximum Gasteiger partial charge on any atom is 0.331 e. The third-order valence-corrected chi connectivity index (χ3v) is 3.85. The van der Waals surface area contributed by atoms with Crippen LogP contribution in [0.4, 0.5) is 11.4 Å². The predicted molar refractivity (Wildman–Crippen MR) is 103 cm³/mol. The van der Waals surface area contributed by atoms with E-state index in [-0.39, 0.29) is 5.69 Å². The van der Waals surface area contributed by atoms with E-state index in [2.05, 4.69) is 5.32 Å². The molecule has 2 rings (SSSR count). The van der Waals surface area contributed by atoms with E-state index in [4.69, 9.17) is 16.3 Å². The second-order valence-electron chi connectivity index (χ2n) is 5.71. The van der Waals surface area contributed by atoms with Gasteiger partial charge in [0.1, 0.15) is 0 Å². The third-order valence-electron chi connectivity index (χ3n) is 3.61. The Morgan fingerprint density at radius 1 is 1.26 bits per heavy atom. The number of nitro benzene ring substituents is 1. The van der Waals surface area contributed by atoms with Crippen molar-refractivity contribution >= 4 is 40.9 Å². The molecule has 0 unspecified atom stereocenters. The van der Waals surface area contributed by atoms with Crippen LogP contribution < -0.4 is 5.32 Å². The third kappa shape index (κ3) is 5.93. The fourth-order valence-corrected chi connectivity index (χ4v) is 2.31. The molecule has 0 aliphatic carbocycles. The zero-order valence-corrected chi connectivity index (χ0v) is 15.4. The molecule has 140 valence electrons. The van der Waals surface area contributed by atoms with Gasteiger partial charge in [-0.15, -0.1) is 0 Å². The predicted octanol–water partition coefficient (Wildman–Crippen LogP) is 4.14. The summed E-state index contributed by atoms with van der Waals surface area (Å²) in [4.78, 5) is 34.3. The summed E-state index contributed by atoms with van der Waals surface area (Å²) in [6.45, 7) is 3.25. The van der Waals surface area contributed by atoms with E-state index in [1.165, 1.54) is 31.2 Å². The van der Waals surface area contributed by atoms with Crippen LogP contribution >= 0.6 is 11.6 Å². The average molecular weight is 389 g/mol. The van der Waals surface area contributed by atoms with Gasteiger partial charge in [0, 0.05) is 28.9 Å². The molecule has 8 heteroatoms. The van der Waals surface area contributed by atoms with E-state index < -0.39 is 22.9 Å². The molecule has 0 spiro atoms. The molecule has 2 aromatic carbocycles. The van der Waals surface area contributed by atoms with Crippen molar-refractivity contribution in [2.45, 2.75) is 20.0 Å². The maximum atomic E-state index is 12.2. The summed E-state index contributed by atoms with van der Waals surface area (Å²) in [5.74, 6) is -1.25. The molecule has 0 fully saturated rings. The first-order chi connectivity index (χ1) is 12.8. The van der Waals surface area contributed by atoms with Gasteiger partial charge in [-0.1, -0.05) is 29.8 Å². The number of anilines is 1. The summed E-state index contributed by atoms with van der Waals surface area (Å²) in [7, 11) is 0. The summed E-state index contributed by atoms with van der Waals surface area (Å²) >= 11 is 5.91. The molecule has 0 aliphatic heterocycles. The number of aryl methyl sites for hydroxylation is 1. The summed E-state index contributed by atoms with van der Waals surface area (Å²) in [5.41, 5.74) is 1.72. The molecule has 1 atom stereocenters. The average Bonchev–Trinajstić information content (AvgIpc) is 2.63. The van der Waals surface area contributed by atoms with Gasteiger partial charge in [0.05, 0.1) is 4.92 Å². The Morgan fingerprint density at radius 3 is 2.70 bits per heavy atom. The Morgan fingerprint density at radius 2 is 2.00 bits per heavy atom. The van der Waals surface area contributed by atoms with Crippen LogP contribution in [0.3, 0.4) is 0 Å². The smallest absolute Gasteiger partial charge is 0.331 e. The monoisotopic (exact) mass is 388 g/mol. The first-order valence-electron chi connectivity index (χ1n) is 7.96. The lowest BCUT2D eigenvalue weighted by atomic mass is 10.2. The van der Waals surface area contributed by atoms with E-state index in [0.717, 1.165) is 11.6 Å². The van der Waals surface area contributed by atoms with Crippen molar-refractivity contribution in [1.29, 1.82) is 0 Å². The van der Waals surface area contributed by atoms with Gasteiger partial charge in [0.2, 0.25) is 0 Å². The number of hydrogen-bond acceptors (Lipinski definition) is 5. The number of amides is 1. The van der Waals surface area contributed by atoms with Crippen LogP contribution in [0.2, 0.25) is 5.02 Å². The van der Waals surface area contributed by atoms with Gasteiger partial charge < -0.3 is 10.1 Å². The van der Waals surface area contributed by atoms with Crippen molar-refractivity contribution in [2.24, 2.45) is 0 Å². The van der Waals surface area contributed by atoms with Gasteiger partial charge >= 0.3 is 5.97 Å². The molecular formula is C19H17ClN2O5. The van der Waals surface area contributed by atoms with Crippen molar-refractivity contribution < 1.29 is 19.2 Å². The molecular weight excluding hydrogens is 372 g/mol. The maximum absolute atomic E-state index is 12.2. The number of non-ortho nitro benzene ring substituents is 1. The minimum absolute atomic E-state index is 0.0878. The van der Waals surface area contributed by atoms with Crippen molar-refractivity contribution in [2.75, 3.05) is 5.32 Å². The molecule has 0 aliphatic rings. The van der Waals surface area contributed by atoms with Gasteiger partial charge in [0.15, 0.2) is 6.10 Å². The Hall–Kier alpha value is -3.19. The van der Waals surface area contributed by atoms with E-state index >= 15 is 0 Å². The minimum atomic E-state index is -1.04. The number of nitrogens with zero attached hydrogens (tertiary/aromatic N) is 1. The van der Waals surface area contributed by atoms with Crippen LogP contribution in [0.25, 0.3) is 6.08 Å². The zero-order chi connectivity index (χ0) is 20.0. The zero-order valence-electron chi connectivity index (χ0n) is 14.6. The number of nitrogens with one attached hydrogen (secondary N) is 1. The van der Waals surface area contributed by atoms with Gasteiger partial charge in [-0.05, 0) is 43.2 Å². The lowest BCUT2D eigenvalue weighted by Gasteiger charge is -2.14. The standard InChI is InChI=1S/C19H17ClN2O5/c1-12-6-8-15(20)11-17(12)21-19(24)13(2)27-18(23)9-7-14-4-3-5-16(10-14)22(25)26/h3-11,13H,1-2H3,(H,21,24)/b9-7+/t13-/m0/s1. The summed E-state index contributed by atoms with van der Waals surface area (Å²) in [6, 6.07) is 10.8. The largest absolute Gasteiger partial charge is 0.449 e. The molecule has 0 heterocycles. The number of halogens is 1. The lowest BCUT2D eigenvalue weighted by Crippen LogP contribution is -2.29. The van der Waals surface area contributed by atoms with Crippen LogP contribution in [0.5, 0.6) is 0 Å². The van der Waals surface area contributed by atoms with Gasteiger partial charge in [-0.2, -0.15) is 0 Å². The molecule has 2 aromatic rings. The number of rotatable bonds is 6. The van der Waals surface area contributed by atoms with Gasteiger partial charge in [-0.3, -0.25) is 14.9 Å². The van der Waals surface area contributed by atoms with Gasteiger partial charge in [0.25, 0.3) is 11.6 Å². The number of hydrogen-bond donors (Lipinski definition) is 1. The first-order valence-corrected chi connectivity index (χ1v) is 8.34. The lowest BCUT2D eigenvalue weighted by molar-refractivity contribution is -0.384. The molecule has 1 N–H and O–H groups in total. The fourth-order valence-electron chi connectivity index (χ4n) is 2.14. The molecule has 0 aromatic heterocycles. The molecule has 0 saturated carbocycles. The van der Waals surface area contributed by atoms with Crippen LogP contribution in [-0.4, -0.2) is 22.9 Å². The molecule has 0 radical (unpaired) electrons. The molecule has 27 heavy (non-hydrogen) atoms. The van der Waals surface area contributed by atoms with E-state index in [1.54, 1.807) is 24.3 Å². The summed E-state index contributed by atoms with van der Waals surface area (Å²) < 4.78 is 5.05. The summed E-state index contributed by atoms with van der Waals surface area (Å²) in [6.07, 6.45) is 1.44. The number of carbonyl (C=O) groups is 2. The highest BCUT2D eigenvalue weighted by molar-refractivity contribution is 6.31. The second-order valence-corrected chi connectivity index (χ2v) is 6.15. The van der Waals surface area contributed by atoms with Crippen molar-refractivity contribution in [3.63, 3.8) is 0 Å². The first kappa shape index (κ1) is 20.1. The Balaban J connectivity index is 1.96. The van der Waals surface area contributed by atoms with Crippen LogP contribution in [-0.2, 0) is 14.3 Å². The van der Waals surface area contributed by atoms with E-state index in [0.29, 0.717) is 16.3 Å². The van der Waals surface area contributed by atoms with Crippen LogP contribution in [0.15, 0.2) is 48.5 Å². The molecule has 0 saturated heterocycles. The topological polar surface area (TPSA) is 98.5 Å². The second kappa shape index (κ2) is 8.95. The molecule has 7 nitrogen and oxygen atoms in total. The minimum Gasteiger partial charge on any atom is -0.449 e. The van der Waals surface area contributed by atoms with Crippen molar-refractivity contribution in [3.05, 3.63) is 74.8 Å². The highest BCUT2D eigenvalue weighted by Crippen LogP contribution is 2.20. The van der Waals surface area contributed by atoms with Gasteiger partial charge in [-0.25, -0.2) is 4.79 Å². The molecule has 1 amide bonds. The number of nitro groups is 1. The fraction of sp³-hybridized carbons (Fsp3) is 0.158. The Kier molecular flexibility index (Phi) is 6.67. The van der Waals surface area contributed by atoms with Crippen molar-refractivity contribution in [1.82, 2.24) is 0 Å². The number of ether oxygens (including phenoxy) is 1. The Bertz CT molecular complexity index is 911.